The molecule has 1 rings (SSSR count). The average Bonchev–Trinajstić information content (AvgIpc) is 2.36. The van der Waals surface area contributed by atoms with Gasteiger partial charge in [-0.1, -0.05) is 53.1 Å². The lowest BCUT2D eigenvalue weighted by atomic mass is 10.1. The smallest absolute Gasteiger partial charge is 0.274 e. The fourth-order valence-electron chi connectivity index (χ4n) is 2.08. The molecular formula is C16H26ClN3O. The van der Waals surface area contributed by atoms with Crippen molar-refractivity contribution in [2.75, 3.05) is 13.1 Å². The maximum Gasteiger partial charge on any atom is 0.274 e. The van der Waals surface area contributed by atoms with Crippen molar-refractivity contribution < 1.29 is 4.79 Å². The van der Waals surface area contributed by atoms with Crippen LogP contribution in [0, 0.1) is 11.8 Å². The summed E-state index contributed by atoms with van der Waals surface area (Å²) in [5.74, 6) is 1.51. The van der Waals surface area contributed by atoms with E-state index in [1.807, 2.05) is 18.7 Å². The first-order valence-corrected chi connectivity index (χ1v) is 7.91. The Morgan fingerprint density at radius 2 is 1.67 bits per heavy atom. The summed E-state index contributed by atoms with van der Waals surface area (Å²) in [5.41, 5.74) is 0.316. The van der Waals surface area contributed by atoms with Gasteiger partial charge in [0.25, 0.3) is 5.91 Å². The first kappa shape index (κ1) is 17.9. The van der Waals surface area contributed by atoms with E-state index in [2.05, 4.69) is 37.7 Å². The summed E-state index contributed by atoms with van der Waals surface area (Å²) >= 11 is 6.14. The van der Waals surface area contributed by atoms with Gasteiger partial charge in [0.05, 0.1) is 11.2 Å². The highest BCUT2D eigenvalue weighted by Crippen LogP contribution is 2.19. The predicted octanol–water partition coefficient (Wildman–Crippen LogP) is 4.01. The lowest BCUT2D eigenvalue weighted by molar-refractivity contribution is 0.0708. The Bertz CT molecular complexity index is 476. The third kappa shape index (κ3) is 5.27. The van der Waals surface area contributed by atoms with Crippen LogP contribution in [-0.2, 0) is 0 Å². The molecule has 0 bridgehead atoms. The van der Waals surface area contributed by atoms with E-state index < -0.39 is 0 Å². The lowest BCUT2D eigenvalue weighted by Crippen LogP contribution is -2.37. The molecule has 0 unspecified atom stereocenters. The molecule has 0 aliphatic carbocycles. The van der Waals surface area contributed by atoms with Crippen LogP contribution in [-0.4, -0.2) is 33.9 Å². The summed E-state index contributed by atoms with van der Waals surface area (Å²) < 4.78 is 0. The van der Waals surface area contributed by atoms with Gasteiger partial charge in [-0.25, -0.2) is 9.97 Å². The minimum Gasteiger partial charge on any atom is -0.337 e. The third-order valence-corrected chi connectivity index (χ3v) is 3.22. The SMILES string of the molecule is CC(C)CN(CC(C)C)C(=O)c1nc(C(C)C)ncc1Cl. The van der Waals surface area contributed by atoms with Crippen LogP contribution < -0.4 is 0 Å². The maximum atomic E-state index is 12.8. The number of amides is 1. The lowest BCUT2D eigenvalue weighted by Gasteiger charge is -2.26. The molecule has 1 aromatic heterocycles. The van der Waals surface area contributed by atoms with Crippen molar-refractivity contribution in [3.05, 3.63) is 22.7 Å². The van der Waals surface area contributed by atoms with Gasteiger partial charge in [0.2, 0.25) is 0 Å². The van der Waals surface area contributed by atoms with E-state index in [0.717, 1.165) is 0 Å². The molecule has 4 nitrogen and oxygen atoms in total. The molecule has 1 amide bonds. The molecular weight excluding hydrogens is 286 g/mol. The molecule has 0 atom stereocenters. The standard InChI is InChI=1S/C16H26ClN3O/c1-10(2)8-20(9-11(3)4)16(21)14-13(17)7-18-15(19-14)12(5)6/h7,10-12H,8-9H2,1-6H3. The number of hydrogen-bond donors (Lipinski definition) is 0. The summed E-state index contributed by atoms with van der Waals surface area (Å²) in [4.78, 5) is 23.2. The Morgan fingerprint density at radius 1 is 1.14 bits per heavy atom. The van der Waals surface area contributed by atoms with Gasteiger partial charge in [-0.3, -0.25) is 4.79 Å². The Kier molecular flexibility index (Phi) is 6.59. The first-order valence-electron chi connectivity index (χ1n) is 7.54. The molecule has 0 saturated heterocycles. The van der Waals surface area contributed by atoms with Crippen molar-refractivity contribution in [1.29, 1.82) is 0 Å². The average molecular weight is 312 g/mol. The second-order valence-electron chi connectivity index (χ2n) is 6.58. The summed E-state index contributed by atoms with van der Waals surface area (Å²) in [5, 5.41) is 0.321. The van der Waals surface area contributed by atoms with Gasteiger partial charge >= 0.3 is 0 Å². The normalized spacial score (nSPS) is 11.5. The Balaban J connectivity index is 3.09. The van der Waals surface area contributed by atoms with E-state index in [9.17, 15) is 4.79 Å². The van der Waals surface area contributed by atoms with Crippen LogP contribution in [0.3, 0.4) is 0 Å². The minimum absolute atomic E-state index is 0.105. The Labute approximate surface area is 132 Å². The topological polar surface area (TPSA) is 46.1 Å². The van der Waals surface area contributed by atoms with E-state index in [1.54, 1.807) is 0 Å². The molecule has 21 heavy (non-hydrogen) atoms. The zero-order valence-corrected chi connectivity index (χ0v) is 14.6. The molecule has 0 aliphatic heterocycles. The van der Waals surface area contributed by atoms with Crippen LogP contribution in [0.2, 0.25) is 5.02 Å². The molecule has 1 aromatic rings. The second-order valence-corrected chi connectivity index (χ2v) is 6.98. The van der Waals surface area contributed by atoms with Crippen LogP contribution in [0.5, 0.6) is 0 Å². The highest BCUT2D eigenvalue weighted by molar-refractivity contribution is 6.33. The van der Waals surface area contributed by atoms with Gasteiger partial charge in [0, 0.05) is 19.0 Å². The second kappa shape index (κ2) is 7.74. The van der Waals surface area contributed by atoms with Crippen LogP contribution in [0.15, 0.2) is 6.20 Å². The number of halogens is 1. The van der Waals surface area contributed by atoms with Crippen molar-refractivity contribution in [3.63, 3.8) is 0 Å². The van der Waals surface area contributed by atoms with E-state index in [4.69, 9.17) is 11.6 Å². The molecule has 118 valence electrons. The molecule has 0 aliphatic rings. The highest BCUT2D eigenvalue weighted by Gasteiger charge is 2.23. The van der Waals surface area contributed by atoms with Crippen molar-refractivity contribution in [3.8, 4) is 0 Å². The molecule has 0 spiro atoms. The van der Waals surface area contributed by atoms with E-state index in [0.29, 0.717) is 41.5 Å². The molecule has 1 heterocycles. The Hall–Kier alpha value is -1.16. The predicted molar refractivity (Wildman–Crippen MR) is 86.7 cm³/mol. The number of aromatic nitrogens is 2. The Morgan fingerprint density at radius 3 is 2.10 bits per heavy atom. The fourth-order valence-corrected chi connectivity index (χ4v) is 2.25. The number of carbonyl (C=O) groups is 1. The van der Waals surface area contributed by atoms with Crippen LogP contribution in [0.4, 0.5) is 0 Å². The third-order valence-electron chi connectivity index (χ3n) is 2.94. The molecule has 0 aromatic carbocycles. The first-order chi connectivity index (χ1) is 9.72. The molecule has 0 saturated carbocycles. The summed E-state index contributed by atoms with van der Waals surface area (Å²) in [6.45, 7) is 13.8. The van der Waals surface area contributed by atoms with Crippen LogP contribution in [0.1, 0.15) is 63.8 Å². The maximum absolute atomic E-state index is 12.8. The fraction of sp³-hybridized carbons (Fsp3) is 0.688. The summed E-state index contributed by atoms with van der Waals surface area (Å²) in [7, 11) is 0. The number of carbonyl (C=O) groups excluding carboxylic acids is 1. The highest BCUT2D eigenvalue weighted by atomic mass is 35.5. The van der Waals surface area contributed by atoms with Gasteiger partial charge in [0.1, 0.15) is 5.82 Å². The van der Waals surface area contributed by atoms with Crippen molar-refractivity contribution in [1.82, 2.24) is 14.9 Å². The zero-order chi connectivity index (χ0) is 16.2. The number of hydrogen-bond acceptors (Lipinski definition) is 3. The monoisotopic (exact) mass is 311 g/mol. The van der Waals surface area contributed by atoms with Crippen molar-refractivity contribution >= 4 is 17.5 Å². The quantitative estimate of drug-likeness (QED) is 0.797. The van der Waals surface area contributed by atoms with Gasteiger partial charge < -0.3 is 4.90 Å². The molecule has 0 radical (unpaired) electrons. The van der Waals surface area contributed by atoms with Crippen molar-refractivity contribution in [2.45, 2.75) is 47.5 Å². The zero-order valence-electron chi connectivity index (χ0n) is 13.9. The summed E-state index contributed by atoms with van der Waals surface area (Å²) in [6, 6.07) is 0. The van der Waals surface area contributed by atoms with E-state index in [1.165, 1.54) is 6.20 Å². The van der Waals surface area contributed by atoms with Gasteiger partial charge in [0.15, 0.2) is 5.69 Å². The summed E-state index contributed by atoms with van der Waals surface area (Å²) in [6.07, 6.45) is 1.53. The van der Waals surface area contributed by atoms with Gasteiger partial charge in [-0.2, -0.15) is 0 Å². The van der Waals surface area contributed by atoms with Crippen molar-refractivity contribution in [2.24, 2.45) is 11.8 Å². The molecule has 0 N–H and O–H groups in total. The van der Waals surface area contributed by atoms with Gasteiger partial charge in [-0.05, 0) is 11.8 Å². The number of nitrogens with zero attached hydrogens (tertiary/aromatic N) is 3. The molecule has 5 heteroatoms. The van der Waals surface area contributed by atoms with Crippen LogP contribution in [0.25, 0.3) is 0 Å². The van der Waals surface area contributed by atoms with Crippen LogP contribution >= 0.6 is 11.6 Å². The van der Waals surface area contributed by atoms with E-state index in [-0.39, 0.29) is 11.8 Å². The molecule has 0 fully saturated rings. The largest absolute Gasteiger partial charge is 0.337 e. The van der Waals surface area contributed by atoms with Gasteiger partial charge in [-0.15, -0.1) is 0 Å². The minimum atomic E-state index is -0.105. The van der Waals surface area contributed by atoms with E-state index >= 15 is 0 Å². The number of rotatable bonds is 6.